The first-order valence-electron chi connectivity index (χ1n) is 7.76. The summed E-state index contributed by atoms with van der Waals surface area (Å²) < 4.78 is 5.24. The number of carbonyl (C=O) groups is 2. The van der Waals surface area contributed by atoms with Crippen molar-refractivity contribution in [3.05, 3.63) is 71.3 Å². The number of fused-ring (bicyclic) bond motifs is 1. The molecule has 2 aromatic carbocycles. The molecular formula is C19H19NO3. The lowest BCUT2D eigenvalue weighted by Gasteiger charge is -2.28. The minimum Gasteiger partial charge on any atom is -0.464 e. The number of rotatable bonds is 4. The highest BCUT2D eigenvalue weighted by Gasteiger charge is 2.46. The molecule has 1 N–H and O–H groups in total. The van der Waals surface area contributed by atoms with Gasteiger partial charge in [-0.1, -0.05) is 42.5 Å². The first-order valence-corrected chi connectivity index (χ1v) is 7.76. The molecule has 4 nitrogen and oxygen atoms in total. The summed E-state index contributed by atoms with van der Waals surface area (Å²) in [6.07, 6.45) is 0.918. The molecule has 1 amide bonds. The van der Waals surface area contributed by atoms with Gasteiger partial charge in [-0.2, -0.15) is 0 Å². The van der Waals surface area contributed by atoms with Gasteiger partial charge in [-0.25, -0.2) is 4.79 Å². The number of carbonyl (C=O) groups excluding carboxylic acids is 2. The van der Waals surface area contributed by atoms with Crippen molar-refractivity contribution in [2.24, 2.45) is 0 Å². The summed E-state index contributed by atoms with van der Waals surface area (Å²) in [5, 5.41) is 2.93. The van der Waals surface area contributed by atoms with Gasteiger partial charge in [-0.3, -0.25) is 4.79 Å². The number of esters is 1. The van der Waals surface area contributed by atoms with Crippen LogP contribution in [0.25, 0.3) is 0 Å². The average molecular weight is 309 g/mol. The van der Waals surface area contributed by atoms with Crippen LogP contribution in [-0.4, -0.2) is 24.0 Å². The molecule has 0 atom stereocenters. The van der Waals surface area contributed by atoms with Crippen LogP contribution < -0.4 is 5.32 Å². The first-order chi connectivity index (χ1) is 11.1. The summed E-state index contributed by atoms with van der Waals surface area (Å²) in [4.78, 5) is 25.1. The van der Waals surface area contributed by atoms with E-state index in [1.165, 1.54) is 0 Å². The highest BCUT2D eigenvalue weighted by atomic mass is 16.5. The third kappa shape index (κ3) is 2.97. The number of amides is 1. The highest BCUT2D eigenvalue weighted by molar-refractivity contribution is 5.98. The third-order valence-corrected chi connectivity index (χ3v) is 4.16. The second kappa shape index (κ2) is 6.24. The van der Waals surface area contributed by atoms with E-state index in [9.17, 15) is 9.59 Å². The van der Waals surface area contributed by atoms with Gasteiger partial charge < -0.3 is 10.1 Å². The zero-order valence-corrected chi connectivity index (χ0v) is 13.0. The molecule has 23 heavy (non-hydrogen) atoms. The Morgan fingerprint density at radius 3 is 2.13 bits per heavy atom. The van der Waals surface area contributed by atoms with Gasteiger partial charge in [0.2, 0.25) is 0 Å². The fourth-order valence-electron chi connectivity index (χ4n) is 3.05. The fraction of sp³-hybridized carbons (Fsp3) is 0.263. The number of ether oxygens (including phenoxy) is 1. The Bertz CT molecular complexity index is 699. The molecule has 0 heterocycles. The Balaban J connectivity index is 1.89. The normalized spacial score (nSPS) is 14.8. The summed E-state index contributed by atoms with van der Waals surface area (Å²) in [6, 6.07) is 16.8. The summed E-state index contributed by atoms with van der Waals surface area (Å²) in [5.74, 6) is -0.632. The summed E-state index contributed by atoms with van der Waals surface area (Å²) in [6.45, 7) is 2.06. The van der Waals surface area contributed by atoms with Crippen LogP contribution in [0.15, 0.2) is 54.6 Å². The second-order valence-electron chi connectivity index (χ2n) is 5.74. The Hall–Kier alpha value is -2.62. The lowest BCUT2D eigenvalue weighted by molar-refractivity contribution is -0.150. The van der Waals surface area contributed by atoms with Crippen molar-refractivity contribution in [1.29, 1.82) is 0 Å². The maximum absolute atomic E-state index is 12.6. The van der Waals surface area contributed by atoms with Gasteiger partial charge in [0.05, 0.1) is 6.61 Å². The van der Waals surface area contributed by atoms with E-state index < -0.39 is 5.54 Å². The molecule has 4 heteroatoms. The van der Waals surface area contributed by atoms with Gasteiger partial charge >= 0.3 is 5.97 Å². The maximum Gasteiger partial charge on any atom is 0.332 e. The summed E-state index contributed by atoms with van der Waals surface area (Å²) >= 11 is 0. The van der Waals surface area contributed by atoms with E-state index in [2.05, 4.69) is 5.32 Å². The molecule has 0 bridgehead atoms. The molecule has 0 aliphatic heterocycles. The van der Waals surface area contributed by atoms with E-state index in [4.69, 9.17) is 4.74 Å². The third-order valence-electron chi connectivity index (χ3n) is 4.16. The summed E-state index contributed by atoms with van der Waals surface area (Å²) in [5.41, 5.74) is 1.67. The largest absolute Gasteiger partial charge is 0.464 e. The lowest BCUT2D eigenvalue weighted by atomic mass is 9.95. The van der Waals surface area contributed by atoms with Gasteiger partial charge in [0, 0.05) is 18.4 Å². The van der Waals surface area contributed by atoms with Crippen LogP contribution in [0, 0.1) is 0 Å². The van der Waals surface area contributed by atoms with E-state index in [1.54, 1.807) is 31.2 Å². The average Bonchev–Trinajstić information content (AvgIpc) is 2.95. The molecule has 3 rings (SSSR count). The zero-order valence-electron chi connectivity index (χ0n) is 13.0. The Morgan fingerprint density at radius 1 is 1.00 bits per heavy atom. The molecule has 0 spiro atoms. The number of hydrogen-bond acceptors (Lipinski definition) is 3. The smallest absolute Gasteiger partial charge is 0.332 e. The Labute approximate surface area is 135 Å². The maximum atomic E-state index is 12.6. The van der Waals surface area contributed by atoms with Gasteiger partial charge in [0.1, 0.15) is 5.54 Å². The lowest BCUT2D eigenvalue weighted by Crippen LogP contribution is -2.56. The molecule has 2 aromatic rings. The fourth-order valence-corrected chi connectivity index (χ4v) is 3.05. The van der Waals surface area contributed by atoms with Crippen LogP contribution in [0.1, 0.15) is 28.4 Å². The van der Waals surface area contributed by atoms with Crippen LogP contribution in [-0.2, 0) is 22.4 Å². The monoisotopic (exact) mass is 309 g/mol. The predicted molar refractivity (Wildman–Crippen MR) is 87.1 cm³/mol. The zero-order chi connectivity index (χ0) is 16.3. The predicted octanol–water partition coefficient (Wildman–Crippen LogP) is 2.52. The molecule has 0 saturated carbocycles. The van der Waals surface area contributed by atoms with Crippen LogP contribution in [0.2, 0.25) is 0 Å². The van der Waals surface area contributed by atoms with E-state index in [0.29, 0.717) is 18.4 Å². The minimum atomic E-state index is -1.02. The van der Waals surface area contributed by atoms with Crippen LogP contribution in [0.4, 0.5) is 0 Å². The molecule has 0 unspecified atom stereocenters. The highest BCUT2D eigenvalue weighted by Crippen LogP contribution is 2.31. The van der Waals surface area contributed by atoms with Gasteiger partial charge in [0.25, 0.3) is 5.91 Å². The Kier molecular flexibility index (Phi) is 4.15. The van der Waals surface area contributed by atoms with Crippen LogP contribution >= 0.6 is 0 Å². The van der Waals surface area contributed by atoms with E-state index in [1.807, 2.05) is 30.3 Å². The topological polar surface area (TPSA) is 55.4 Å². The van der Waals surface area contributed by atoms with Crippen molar-refractivity contribution >= 4 is 11.9 Å². The van der Waals surface area contributed by atoms with E-state index in [0.717, 1.165) is 11.1 Å². The molecule has 1 aliphatic rings. The summed E-state index contributed by atoms with van der Waals surface area (Å²) in [7, 11) is 0. The van der Waals surface area contributed by atoms with Crippen molar-refractivity contribution < 1.29 is 14.3 Å². The molecule has 0 aromatic heterocycles. The van der Waals surface area contributed by atoms with Crippen LogP contribution in [0.5, 0.6) is 0 Å². The van der Waals surface area contributed by atoms with Crippen molar-refractivity contribution in [3.8, 4) is 0 Å². The second-order valence-corrected chi connectivity index (χ2v) is 5.74. The van der Waals surface area contributed by atoms with Gasteiger partial charge in [-0.15, -0.1) is 0 Å². The van der Waals surface area contributed by atoms with E-state index >= 15 is 0 Å². The molecule has 0 radical (unpaired) electrons. The molecule has 0 fully saturated rings. The van der Waals surface area contributed by atoms with Crippen molar-refractivity contribution in [3.63, 3.8) is 0 Å². The van der Waals surface area contributed by atoms with Crippen molar-refractivity contribution in [2.45, 2.75) is 25.3 Å². The SMILES string of the molecule is CCOC(=O)C1(NC(=O)c2ccccc2)Cc2ccccc2C1. The molecule has 0 saturated heterocycles. The number of benzene rings is 2. The van der Waals surface area contributed by atoms with Crippen molar-refractivity contribution in [1.82, 2.24) is 5.32 Å². The standard InChI is InChI=1S/C19H19NO3/c1-2-23-18(22)19(12-15-10-6-7-11-16(15)13-19)20-17(21)14-8-4-3-5-9-14/h3-11H,2,12-13H2,1H3,(H,20,21). The van der Waals surface area contributed by atoms with E-state index in [-0.39, 0.29) is 18.5 Å². The number of nitrogens with one attached hydrogen (secondary N) is 1. The van der Waals surface area contributed by atoms with Gasteiger partial charge in [0.15, 0.2) is 0 Å². The first kappa shape index (κ1) is 15.3. The molecular weight excluding hydrogens is 290 g/mol. The minimum absolute atomic E-state index is 0.258. The molecule has 1 aliphatic carbocycles. The van der Waals surface area contributed by atoms with Crippen molar-refractivity contribution in [2.75, 3.05) is 6.61 Å². The van der Waals surface area contributed by atoms with Crippen LogP contribution in [0.3, 0.4) is 0 Å². The Morgan fingerprint density at radius 2 is 1.57 bits per heavy atom. The molecule has 118 valence electrons. The quantitative estimate of drug-likeness (QED) is 0.883. The number of hydrogen-bond donors (Lipinski definition) is 1. The van der Waals surface area contributed by atoms with Gasteiger partial charge in [-0.05, 0) is 30.2 Å².